The molecule has 0 fully saturated rings. The van der Waals surface area contributed by atoms with Crippen molar-refractivity contribution in [2.24, 2.45) is 0 Å². The van der Waals surface area contributed by atoms with Crippen molar-refractivity contribution >= 4 is 15.9 Å². The lowest BCUT2D eigenvalue weighted by molar-refractivity contribution is 0.349. The molecule has 1 aliphatic heterocycles. The van der Waals surface area contributed by atoms with E-state index in [-0.39, 0.29) is 0 Å². The van der Waals surface area contributed by atoms with Gasteiger partial charge in [0, 0.05) is 6.54 Å². The predicted molar refractivity (Wildman–Crippen MR) is 49.6 cm³/mol. The van der Waals surface area contributed by atoms with Crippen LogP contribution in [0.2, 0.25) is 0 Å². The van der Waals surface area contributed by atoms with Gasteiger partial charge >= 0.3 is 0 Å². The Kier molecular flexibility index (Phi) is 1.74. The second-order valence-corrected chi connectivity index (χ2v) is 3.82. The Morgan fingerprint density at radius 1 is 1.45 bits per heavy atom. The summed E-state index contributed by atoms with van der Waals surface area (Å²) in [7, 11) is 2.12. The lowest BCUT2D eigenvalue weighted by atomic mass is 10.1. The maximum absolute atomic E-state index is 3.63. The maximum atomic E-state index is 3.63. The molecule has 2 rings (SSSR count). The number of fused-ring (bicyclic) bond motifs is 1. The normalized spacial score (nSPS) is 23.6. The zero-order valence-electron chi connectivity index (χ0n) is 6.42. The van der Waals surface area contributed by atoms with E-state index < -0.39 is 0 Å². The van der Waals surface area contributed by atoms with Crippen molar-refractivity contribution in [3.05, 3.63) is 35.4 Å². The second kappa shape index (κ2) is 2.61. The molecule has 1 atom stereocenters. The van der Waals surface area contributed by atoms with Gasteiger partial charge in [0.05, 0.1) is 4.95 Å². The van der Waals surface area contributed by atoms with Gasteiger partial charge in [0.25, 0.3) is 0 Å². The van der Waals surface area contributed by atoms with Crippen molar-refractivity contribution < 1.29 is 0 Å². The summed E-state index contributed by atoms with van der Waals surface area (Å²) in [5.41, 5.74) is 2.85. The molecule has 1 aromatic rings. The zero-order chi connectivity index (χ0) is 7.84. The first-order valence-electron chi connectivity index (χ1n) is 3.71. The number of benzene rings is 1. The smallest absolute Gasteiger partial charge is 0.0915 e. The first-order valence-corrected chi connectivity index (χ1v) is 4.63. The fourth-order valence-corrected chi connectivity index (χ4v) is 2.09. The van der Waals surface area contributed by atoms with Crippen LogP contribution in [0.4, 0.5) is 0 Å². The van der Waals surface area contributed by atoms with E-state index in [9.17, 15) is 0 Å². The van der Waals surface area contributed by atoms with Crippen LogP contribution in [-0.2, 0) is 6.54 Å². The summed E-state index contributed by atoms with van der Waals surface area (Å²) in [6.07, 6.45) is 0. The van der Waals surface area contributed by atoms with Gasteiger partial charge in [-0.25, -0.2) is 0 Å². The molecule has 1 aliphatic rings. The van der Waals surface area contributed by atoms with E-state index in [1.165, 1.54) is 11.1 Å². The molecule has 0 N–H and O–H groups in total. The number of hydrogen-bond donors (Lipinski definition) is 0. The molecular formula is C9H10BrN. The lowest BCUT2D eigenvalue weighted by Gasteiger charge is -2.11. The van der Waals surface area contributed by atoms with Crippen LogP contribution in [-0.4, -0.2) is 11.9 Å². The minimum Gasteiger partial charge on any atom is -0.286 e. The van der Waals surface area contributed by atoms with E-state index in [4.69, 9.17) is 0 Å². The Morgan fingerprint density at radius 2 is 2.18 bits per heavy atom. The Balaban J connectivity index is 2.47. The first-order chi connectivity index (χ1) is 5.29. The number of nitrogens with zero attached hydrogens (tertiary/aromatic N) is 1. The Hall–Kier alpha value is -0.340. The number of alkyl halides is 1. The van der Waals surface area contributed by atoms with Gasteiger partial charge in [0.2, 0.25) is 0 Å². The zero-order valence-corrected chi connectivity index (χ0v) is 8.01. The largest absolute Gasteiger partial charge is 0.286 e. The Bertz CT molecular complexity index is 272. The third kappa shape index (κ3) is 1.10. The van der Waals surface area contributed by atoms with E-state index in [2.05, 4.69) is 52.1 Å². The second-order valence-electron chi connectivity index (χ2n) is 2.95. The third-order valence-corrected chi connectivity index (χ3v) is 3.31. The third-order valence-electron chi connectivity index (χ3n) is 2.12. The van der Waals surface area contributed by atoms with E-state index in [0.717, 1.165) is 6.54 Å². The highest BCUT2D eigenvalue weighted by molar-refractivity contribution is 9.09. The van der Waals surface area contributed by atoms with Gasteiger partial charge in [-0.1, -0.05) is 40.2 Å². The quantitative estimate of drug-likeness (QED) is 0.471. The molecule has 0 saturated heterocycles. The minimum atomic E-state index is 0.415. The van der Waals surface area contributed by atoms with Crippen LogP contribution < -0.4 is 0 Å². The van der Waals surface area contributed by atoms with Gasteiger partial charge in [-0.05, 0) is 18.2 Å². The monoisotopic (exact) mass is 211 g/mol. The molecule has 0 saturated carbocycles. The van der Waals surface area contributed by atoms with E-state index in [0.29, 0.717) is 4.95 Å². The van der Waals surface area contributed by atoms with Gasteiger partial charge in [-0.2, -0.15) is 0 Å². The van der Waals surface area contributed by atoms with Crippen molar-refractivity contribution in [2.45, 2.75) is 11.5 Å². The highest BCUT2D eigenvalue weighted by Gasteiger charge is 2.23. The standard InChI is InChI=1S/C9H10BrN/c1-11-6-7-4-2-3-5-8(7)9(11)10/h2-5,9H,6H2,1H3. The summed E-state index contributed by atoms with van der Waals surface area (Å²) in [6, 6.07) is 8.55. The fraction of sp³-hybridized carbons (Fsp3) is 0.333. The molecule has 0 spiro atoms. The molecule has 58 valence electrons. The van der Waals surface area contributed by atoms with Gasteiger partial charge in [-0.15, -0.1) is 0 Å². The van der Waals surface area contributed by atoms with Gasteiger partial charge in [0.15, 0.2) is 0 Å². The van der Waals surface area contributed by atoms with Crippen molar-refractivity contribution in [3.63, 3.8) is 0 Å². The molecule has 1 aromatic carbocycles. The van der Waals surface area contributed by atoms with Crippen LogP contribution in [0.1, 0.15) is 16.1 Å². The summed E-state index contributed by atoms with van der Waals surface area (Å²) in [6.45, 7) is 1.06. The molecule has 11 heavy (non-hydrogen) atoms. The van der Waals surface area contributed by atoms with Crippen LogP contribution in [0.25, 0.3) is 0 Å². The molecule has 1 unspecified atom stereocenters. The molecule has 0 bridgehead atoms. The lowest BCUT2D eigenvalue weighted by Crippen LogP contribution is -2.10. The number of hydrogen-bond acceptors (Lipinski definition) is 1. The van der Waals surface area contributed by atoms with Crippen molar-refractivity contribution in [3.8, 4) is 0 Å². The summed E-state index contributed by atoms with van der Waals surface area (Å²) in [4.78, 5) is 2.70. The van der Waals surface area contributed by atoms with Crippen molar-refractivity contribution in [2.75, 3.05) is 7.05 Å². The fourth-order valence-electron chi connectivity index (χ4n) is 1.50. The molecule has 1 heterocycles. The summed E-state index contributed by atoms with van der Waals surface area (Å²) in [5.74, 6) is 0. The molecule has 0 amide bonds. The Morgan fingerprint density at radius 3 is 2.91 bits per heavy atom. The van der Waals surface area contributed by atoms with Gasteiger partial charge in [0.1, 0.15) is 0 Å². The highest BCUT2D eigenvalue weighted by Crippen LogP contribution is 2.35. The average Bonchev–Trinajstić information content (AvgIpc) is 2.30. The Labute approximate surface area is 75.1 Å². The van der Waals surface area contributed by atoms with Crippen molar-refractivity contribution in [1.82, 2.24) is 4.90 Å². The highest BCUT2D eigenvalue weighted by atomic mass is 79.9. The topological polar surface area (TPSA) is 3.24 Å². The first kappa shape index (κ1) is 7.32. The molecule has 1 nitrogen and oxygen atoms in total. The molecule has 0 radical (unpaired) electrons. The molecule has 0 aliphatic carbocycles. The van der Waals surface area contributed by atoms with E-state index in [1.54, 1.807) is 0 Å². The van der Waals surface area contributed by atoms with Crippen molar-refractivity contribution in [1.29, 1.82) is 0 Å². The minimum absolute atomic E-state index is 0.415. The van der Waals surface area contributed by atoms with E-state index in [1.807, 2.05) is 0 Å². The van der Waals surface area contributed by atoms with Crippen LogP contribution in [0, 0.1) is 0 Å². The summed E-state index contributed by atoms with van der Waals surface area (Å²) in [5, 5.41) is 0. The van der Waals surface area contributed by atoms with E-state index >= 15 is 0 Å². The van der Waals surface area contributed by atoms with Crippen LogP contribution in [0.5, 0.6) is 0 Å². The average molecular weight is 212 g/mol. The van der Waals surface area contributed by atoms with Gasteiger partial charge < -0.3 is 0 Å². The maximum Gasteiger partial charge on any atom is 0.0915 e. The molecule has 0 aromatic heterocycles. The SMILES string of the molecule is CN1Cc2ccccc2C1Br. The summed E-state index contributed by atoms with van der Waals surface area (Å²) < 4.78 is 0. The van der Waals surface area contributed by atoms with Crippen LogP contribution in [0.3, 0.4) is 0 Å². The molecule has 2 heteroatoms. The van der Waals surface area contributed by atoms with Gasteiger partial charge in [-0.3, -0.25) is 4.90 Å². The predicted octanol–water partition coefficient (Wildman–Crippen LogP) is 2.53. The molecular weight excluding hydrogens is 202 g/mol. The van der Waals surface area contributed by atoms with Crippen LogP contribution in [0.15, 0.2) is 24.3 Å². The van der Waals surface area contributed by atoms with Crippen LogP contribution >= 0.6 is 15.9 Å². The number of halogens is 1. The summed E-state index contributed by atoms with van der Waals surface area (Å²) >= 11 is 3.63. The number of rotatable bonds is 0.